The summed E-state index contributed by atoms with van der Waals surface area (Å²) >= 11 is 0. The molecular formula is C12H9F3N2. The van der Waals surface area contributed by atoms with E-state index in [4.69, 9.17) is 5.73 Å². The molecule has 88 valence electrons. The van der Waals surface area contributed by atoms with E-state index in [1.165, 1.54) is 12.3 Å². The number of nitrogens with zero attached hydrogens (tertiary/aromatic N) is 1. The molecule has 2 aromatic rings. The number of pyridine rings is 1. The molecule has 2 nitrogen and oxygen atoms in total. The van der Waals surface area contributed by atoms with Gasteiger partial charge in [-0.25, -0.2) is 13.2 Å². The molecule has 1 aromatic carbocycles. The largest absolute Gasteiger partial charge is 0.397 e. The first-order chi connectivity index (χ1) is 7.99. The average molecular weight is 238 g/mol. The molecule has 0 atom stereocenters. The second-order valence-electron chi connectivity index (χ2n) is 3.67. The standard InChI is InChI=1S/C12H9F3N2/c1-6-2-11(17-5-10(6)16)12-8(14)3-7(13)4-9(12)15/h2-5H,16H2,1H3. The van der Waals surface area contributed by atoms with Gasteiger partial charge in [-0.3, -0.25) is 4.98 Å². The molecule has 0 unspecified atom stereocenters. The van der Waals surface area contributed by atoms with Crippen LogP contribution in [0.25, 0.3) is 11.3 Å². The lowest BCUT2D eigenvalue weighted by molar-refractivity contribution is 0.547. The molecule has 0 spiro atoms. The van der Waals surface area contributed by atoms with Gasteiger partial charge in [0.25, 0.3) is 0 Å². The Morgan fingerprint density at radius 1 is 1.06 bits per heavy atom. The number of aryl methyl sites for hydroxylation is 1. The van der Waals surface area contributed by atoms with Gasteiger partial charge in [0, 0.05) is 12.1 Å². The molecule has 0 aliphatic heterocycles. The number of hydrogen-bond donors (Lipinski definition) is 1. The van der Waals surface area contributed by atoms with E-state index in [0.29, 0.717) is 23.4 Å². The van der Waals surface area contributed by atoms with E-state index >= 15 is 0 Å². The maximum Gasteiger partial charge on any atom is 0.138 e. The Balaban J connectivity index is 2.64. The molecule has 17 heavy (non-hydrogen) atoms. The Labute approximate surface area is 95.9 Å². The molecule has 0 amide bonds. The van der Waals surface area contributed by atoms with Crippen molar-refractivity contribution in [3.05, 3.63) is 47.4 Å². The van der Waals surface area contributed by atoms with Crippen LogP contribution in [0.3, 0.4) is 0 Å². The summed E-state index contributed by atoms with van der Waals surface area (Å²) in [4.78, 5) is 3.83. The Bertz CT molecular complexity index is 559. The van der Waals surface area contributed by atoms with Gasteiger partial charge >= 0.3 is 0 Å². The molecule has 0 saturated heterocycles. The van der Waals surface area contributed by atoms with E-state index in [9.17, 15) is 13.2 Å². The van der Waals surface area contributed by atoms with Gasteiger partial charge in [0.05, 0.1) is 23.1 Å². The first-order valence-corrected chi connectivity index (χ1v) is 4.86. The molecule has 0 fully saturated rings. The van der Waals surface area contributed by atoms with Crippen LogP contribution >= 0.6 is 0 Å². The molecule has 0 saturated carbocycles. The van der Waals surface area contributed by atoms with Crippen molar-refractivity contribution in [2.75, 3.05) is 5.73 Å². The molecule has 2 rings (SSSR count). The predicted octanol–water partition coefficient (Wildman–Crippen LogP) is 3.06. The van der Waals surface area contributed by atoms with Gasteiger partial charge in [-0.1, -0.05) is 0 Å². The smallest absolute Gasteiger partial charge is 0.138 e. The highest BCUT2D eigenvalue weighted by Gasteiger charge is 2.15. The summed E-state index contributed by atoms with van der Waals surface area (Å²) in [5.74, 6) is -2.94. The fourth-order valence-corrected chi connectivity index (χ4v) is 1.49. The van der Waals surface area contributed by atoms with Crippen molar-refractivity contribution < 1.29 is 13.2 Å². The van der Waals surface area contributed by atoms with Crippen molar-refractivity contribution in [1.29, 1.82) is 0 Å². The second kappa shape index (κ2) is 4.08. The zero-order valence-corrected chi connectivity index (χ0v) is 8.97. The molecule has 0 aliphatic rings. The van der Waals surface area contributed by atoms with E-state index in [1.54, 1.807) is 6.92 Å². The SMILES string of the molecule is Cc1cc(-c2c(F)cc(F)cc2F)ncc1N. The first kappa shape index (κ1) is 11.4. The van der Waals surface area contributed by atoms with Crippen molar-refractivity contribution in [1.82, 2.24) is 4.98 Å². The van der Waals surface area contributed by atoms with Crippen LogP contribution < -0.4 is 5.73 Å². The number of benzene rings is 1. The van der Waals surface area contributed by atoms with Gasteiger partial charge in [0.1, 0.15) is 17.5 Å². The summed E-state index contributed by atoms with van der Waals surface area (Å²) in [7, 11) is 0. The third kappa shape index (κ3) is 2.08. The maximum atomic E-state index is 13.5. The highest BCUT2D eigenvalue weighted by Crippen LogP contribution is 2.27. The summed E-state index contributed by atoms with van der Waals surface area (Å²) in [6.07, 6.45) is 1.31. The number of nitrogens with two attached hydrogens (primary N) is 1. The number of anilines is 1. The minimum absolute atomic E-state index is 0.0895. The summed E-state index contributed by atoms with van der Waals surface area (Å²) in [5, 5.41) is 0. The molecule has 1 heterocycles. The highest BCUT2D eigenvalue weighted by atomic mass is 19.1. The summed E-state index contributed by atoms with van der Waals surface area (Å²) in [6, 6.07) is 2.69. The number of halogens is 3. The van der Waals surface area contributed by atoms with Crippen molar-refractivity contribution in [2.45, 2.75) is 6.92 Å². The summed E-state index contributed by atoms with van der Waals surface area (Å²) in [6.45, 7) is 1.69. The molecule has 5 heteroatoms. The highest BCUT2D eigenvalue weighted by molar-refractivity contribution is 5.64. The van der Waals surface area contributed by atoms with E-state index in [2.05, 4.69) is 4.98 Å². The van der Waals surface area contributed by atoms with Crippen LogP contribution in [0.1, 0.15) is 5.56 Å². The molecule has 0 radical (unpaired) electrons. The van der Waals surface area contributed by atoms with Crippen LogP contribution in [0.2, 0.25) is 0 Å². The number of aromatic nitrogens is 1. The lowest BCUT2D eigenvalue weighted by Crippen LogP contribution is -1.97. The van der Waals surface area contributed by atoms with E-state index in [0.717, 1.165) is 0 Å². The lowest BCUT2D eigenvalue weighted by Gasteiger charge is -2.07. The van der Waals surface area contributed by atoms with Crippen LogP contribution in [-0.2, 0) is 0 Å². The molecule has 0 bridgehead atoms. The molecule has 2 N–H and O–H groups in total. The Morgan fingerprint density at radius 3 is 2.18 bits per heavy atom. The third-order valence-electron chi connectivity index (χ3n) is 2.41. The zero-order chi connectivity index (χ0) is 12.6. The fourth-order valence-electron chi connectivity index (χ4n) is 1.49. The van der Waals surface area contributed by atoms with Gasteiger partial charge in [-0.15, -0.1) is 0 Å². The van der Waals surface area contributed by atoms with Gasteiger partial charge in [0.15, 0.2) is 0 Å². The van der Waals surface area contributed by atoms with Gasteiger partial charge in [-0.05, 0) is 18.6 Å². The van der Waals surface area contributed by atoms with Crippen LogP contribution in [0.5, 0.6) is 0 Å². The maximum absolute atomic E-state index is 13.5. The van der Waals surface area contributed by atoms with Gasteiger partial charge in [-0.2, -0.15) is 0 Å². The lowest BCUT2D eigenvalue weighted by atomic mass is 10.1. The minimum Gasteiger partial charge on any atom is -0.397 e. The average Bonchev–Trinajstić information content (AvgIpc) is 2.21. The van der Waals surface area contributed by atoms with Crippen molar-refractivity contribution in [3.8, 4) is 11.3 Å². The van der Waals surface area contributed by atoms with Crippen LogP contribution in [0.4, 0.5) is 18.9 Å². The monoisotopic (exact) mass is 238 g/mol. The van der Waals surface area contributed by atoms with E-state index in [-0.39, 0.29) is 11.3 Å². The number of rotatable bonds is 1. The quantitative estimate of drug-likeness (QED) is 0.829. The predicted molar refractivity (Wildman–Crippen MR) is 58.7 cm³/mol. The Morgan fingerprint density at radius 2 is 1.65 bits per heavy atom. The van der Waals surface area contributed by atoms with E-state index in [1.807, 2.05) is 0 Å². The van der Waals surface area contributed by atoms with Gasteiger partial charge < -0.3 is 5.73 Å². The molecule has 1 aromatic heterocycles. The third-order valence-corrected chi connectivity index (χ3v) is 2.41. The van der Waals surface area contributed by atoms with Crippen molar-refractivity contribution in [3.63, 3.8) is 0 Å². The Hall–Kier alpha value is -2.04. The van der Waals surface area contributed by atoms with Crippen molar-refractivity contribution >= 4 is 5.69 Å². The molecule has 0 aliphatic carbocycles. The topological polar surface area (TPSA) is 38.9 Å². The van der Waals surface area contributed by atoms with Gasteiger partial charge in [0.2, 0.25) is 0 Å². The van der Waals surface area contributed by atoms with Crippen LogP contribution in [0, 0.1) is 24.4 Å². The normalized spacial score (nSPS) is 10.6. The van der Waals surface area contributed by atoms with Crippen molar-refractivity contribution in [2.24, 2.45) is 0 Å². The summed E-state index contributed by atoms with van der Waals surface area (Å²) in [5.41, 5.74) is 6.37. The fraction of sp³-hybridized carbons (Fsp3) is 0.0833. The zero-order valence-electron chi connectivity index (χ0n) is 8.97. The second-order valence-corrected chi connectivity index (χ2v) is 3.67. The number of hydrogen-bond acceptors (Lipinski definition) is 2. The van der Waals surface area contributed by atoms with Crippen LogP contribution in [-0.4, -0.2) is 4.98 Å². The molecular weight excluding hydrogens is 229 g/mol. The first-order valence-electron chi connectivity index (χ1n) is 4.86. The Kier molecular flexibility index (Phi) is 2.75. The van der Waals surface area contributed by atoms with Crippen LogP contribution in [0.15, 0.2) is 24.4 Å². The number of nitrogen functional groups attached to an aromatic ring is 1. The van der Waals surface area contributed by atoms with E-state index < -0.39 is 17.5 Å². The minimum atomic E-state index is -0.987. The summed E-state index contributed by atoms with van der Waals surface area (Å²) < 4.78 is 39.7.